The number of amidine groups is 1. The van der Waals surface area contributed by atoms with Gasteiger partial charge in [-0.1, -0.05) is 18.1 Å². The molecule has 0 amide bonds. The third kappa shape index (κ3) is 3.18. The average molecular weight is 323 g/mol. The fraction of sp³-hybridized carbons (Fsp3) is 0.158. The fourth-order valence-electron chi connectivity index (χ4n) is 2.47. The number of nitrogens with zero attached hydrogens (tertiary/aromatic N) is 2. The summed E-state index contributed by atoms with van der Waals surface area (Å²) >= 11 is 0. The van der Waals surface area contributed by atoms with Crippen molar-refractivity contribution in [3.05, 3.63) is 65.2 Å². The Morgan fingerprint density at radius 1 is 1.17 bits per heavy atom. The molecular weight excluding hydrogens is 308 g/mol. The number of halogens is 2. The van der Waals surface area contributed by atoms with Crippen molar-refractivity contribution in [2.75, 3.05) is 6.54 Å². The van der Waals surface area contributed by atoms with Crippen LogP contribution >= 0.6 is 0 Å². The highest BCUT2D eigenvalue weighted by Crippen LogP contribution is 2.27. The van der Waals surface area contributed by atoms with Gasteiger partial charge in [0.15, 0.2) is 0 Å². The molecule has 2 aromatic carbocycles. The maximum atomic E-state index is 14.2. The van der Waals surface area contributed by atoms with Crippen LogP contribution in [0.1, 0.15) is 18.1 Å². The first-order valence-corrected chi connectivity index (χ1v) is 7.48. The summed E-state index contributed by atoms with van der Waals surface area (Å²) in [5.41, 5.74) is 1.65. The van der Waals surface area contributed by atoms with Gasteiger partial charge in [-0.3, -0.25) is 4.99 Å². The lowest BCUT2D eigenvalue weighted by Gasteiger charge is -2.09. The summed E-state index contributed by atoms with van der Waals surface area (Å²) in [6.45, 7) is 2.02. The molecular formula is C19H15F2N3. The molecule has 1 N–H and O–H groups in total. The quantitative estimate of drug-likeness (QED) is 0.844. The van der Waals surface area contributed by atoms with Gasteiger partial charge in [0.25, 0.3) is 0 Å². The SMILES string of the molecule is C#CC(C)NC1=Nc2ccc(F)cc2C(c2ccccc2F)=NC1. The van der Waals surface area contributed by atoms with Gasteiger partial charge in [-0.2, -0.15) is 0 Å². The first-order chi connectivity index (χ1) is 11.6. The molecule has 2 aromatic rings. The van der Waals surface area contributed by atoms with Crippen molar-refractivity contribution in [3.63, 3.8) is 0 Å². The van der Waals surface area contributed by atoms with E-state index in [0.29, 0.717) is 28.4 Å². The summed E-state index contributed by atoms with van der Waals surface area (Å²) in [6.07, 6.45) is 5.38. The van der Waals surface area contributed by atoms with Gasteiger partial charge < -0.3 is 5.32 Å². The lowest BCUT2D eigenvalue weighted by molar-refractivity contribution is 0.624. The molecule has 0 radical (unpaired) electrons. The lowest BCUT2D eigenvalue weighted by atomic mass is 10.00. The number of terminal acetylenes is 1. The molecule has 1 unspecified atom stereocenters. The van der Waals surface area contributed by atoms with Gasteiger partial charge in [-0.25, -0.2) is 13.8 Å². The molecule has 1 atom stereocenters. The highest BCUT2D eigenvalue weighted by Gasteiger charge is 2.19. The van der Waals surface area contributed by atoms with Crippen molar-refractivity contribution in [1.29, 1.82) is 0 Å². The molecule has 0 saturated heterocycles. The molecule has 1 heterocycles. The molecule has 24 heavy (non-hydrogen) atoms. The molecule has 3 rings (SSSR count). The number of nitrogens with one attached hydrogen (secondary N) is 1. The lowest BCUT2D eigenvalue weighted by Crippen LogP contribution is -2.33. The first-order valence-electron chi connectivity index (χ1n) is 7.48. The Balaban J connectivity index is 2.12. The van der Waals surface area contributed by atoms with Gasteiger partial charge in [-0.05, 0) is 37.3 Å². The van der Waals surface area contributed by atoms with Crippen LogP contribution in [0.4, 0.5) is 14.5 Å². The highest BCUT2D eigenvalue weighted by molar-refractivity contribution is 6.17. The Hall–Kier alpha value is -3.00. The van der Waals surface area contributed by atoms with Crippen molar-refractivity contribution < 1.29 is 8.78 Å². The third-order valence-electron chi connectivity index (χ3n) is 3.62. The standard InChI is InChI=1S/C19H15F2N3/c1-3-12(2)23-18-11-22-19(14-6-4-5-7-16(14)21)15-10-13(20)8-9-17(15)24-18/h1,4-10,12H,11H2,2H3,(H,23,24). The summed E-state index contributed by atoms with van der Waals surface area (Å²) in [4.78, 5) is 8.93. The largest absolute Gasteiger partial charge is 0.359 e. The van der Waals surface area contributed by atoms with Gasteiger partial charge in [0.2, 0.25) is 0 Å². The van der Waals surface area contributed by atoms with E-state index >= 15 is 0 Å². The smallest absolute Gasteiger partial charge is 0.132 e. The maximum Gasteiger partial charge on any atom is 0.132 e. The van der Waals surface area contributed by atoms with Crippen LogP contribution in [0.15, 0.2) is 52.4 Å². The Morgan fingerprint density at radius 2 is 1.96 bits per heavy atom. The van der Waals surface area contributed by atoms with E-state index in [1.807, 2.05) is 6.92 Å². The predicted octanol–water partition coefficient (Wildman–Crippen LogP) is 3.46. The third-order valence-corrected chi connectivity index (χ3v) is 3.62. The predicted molar refractivity (Wildman–Crippen MR) is 91.8 cm³/mol. The molecule has 1 aliphatic heterocycles. The highest BCUT2D eigenvalue weighted by atomic mass is 19.1. The fourth-order valence-corrected chi connectivity index (χ4v) is 2.47. The molecule has 5 heteroatoms. The molecule has 120 valence electrons. The number of fused-ring (bicyclic) bond motifs is 1. The zero-order chi connectivity index (χ0) is 17.1. The molecule has 1 aliphatic rings. The summed E-state index contributed by atoms with van der Waals surface area (Å²) in [7, 11) is 0. The minimum Gasteiger partial charge on any atom is -0.359 e. The van der Waals surface area contributed by atoms with E-state index in [9.17, 15) is 8.78 Å². The van der Waals surface area contributed by atoms with E-state index < -0.39 is 11.6 Å². The van der Waals surface area contributed by atoms with Gasteiger partial charge in [-0.15, -0.1) is 6.42 Å². The van der Waals surface area contributed by atoms with Crippen LogP contribution in [-0.4, -0.2) is 24.1 Å². The van der Waals surface area contributed by atoms with Gasteiger partial charge in [0.05, 0.1) is 24.0 Å². The zero-order valence-corrected chi connectivity index (χ0v) is 13.1. The normalized spacial score (nSPS) is 14.6. The average Bonchev–Trinajstić information content (AvgIpc) is 2.74. The van der Waals surface area contributed by atoms with Crippen molar-refractivity contribution in [2.24, 2.45) is 9.98 Å². The van der Waals surface area contributed by atoms with Gasteiger partial charge in [0, 0.05) is 11.1 Å². The minimum absolute atomic E-state index is 0.200. The monoisotopic (exact) mass is 323 g/mol. The minimum atomic E-state index is -0.429. The van der Waals surface area contributed by atoms with Crippen molar-refractivity contribution in [2.45, 2.75) is 13.0 Å². The molecule has 0 spiro atoms. The summed E-state index contributed by atoms with van der Waals surface area (Å²) in [5.74, 6) is 2.27. The van der Waals surface area contributed by atoms with E-state index in [0.717, 1.165) is 0 Å². The van der Waals surface area contributed by atoms with E-state index in [1.165, 1.54) is 18.2 Å². The van der Waals surface area contributed by atoms with Crippen LogP contribution in [0.5, 0.6) is 0 Å². The number of rotatable bonds is 2. The second kappa shape index (κ2) is 6.63. The van der Waals surface area contributed by atoms with Crippen LogP contribution in [-0.2, 0) is 0 Å². The number of hydrogen-bond acceptors (Lipinski definition) is 3. The molecule has 0 aromatic heterocycles. The van der Waals surface area contributed by atoms with E-state index in [-0.39, 0.29) is 12.6 Å². The topological polar surface area (TPSA) is 36.8 Å². The van der Waals surface area contributed by atoms with Crippen LogP contribution in [0.2, 0.25) is 0 Å². The van der Waals surface area contributed by atoms with Gasteiger partial charge in [0.1, 0.15) is 17.5 Å². The molecule has 0 aliphatic carbocycles. The number of benzene rings is 2. The summed E-state index contributed by atoms with van der Waals surface area (Å²) in [5, 5.41) is 3.07. The van der Waals surface area contributed by atoms with E-state index in [2.05, 4.69) is 21.2 Å². The first kappa shape index (κ1) is 15.9. The van der Waals surface area contributed by atoms with Crippen LogP contribution in [0.25, 0.3) is 0 Å². The zero-order valence-electron chi connectivity index (χ0n) is 13.1. The molecule has 0 fully saturated rings. The number of hydrogen-bond donors (Lipinski definition) is 1. The van der Waals surface area contributed by atoms with E-state index in [1.54, 1.807) is 24.3 Å². The Bertz CT molecular complexity index is 878. The molecule has 3 nitrogen and oxygen atoms in total. The van der Waals surface area contributed by atoms with Gasteiger partial charge >= 0.3 is 0 Å². The van der Waals surface area contributed by atoms with Crippen molar-refractivity contribution in [1.82, 2.24) is 5.32 Å². The van der Waals surface area contributed by atoms with Crippen molar-refractivity contribution >= 4 is 17.2 Å². The molecule has 0 saturated carbocycles. The van der Waals surface area contributed by atoms with Crippen LogP contribution < -0.4 is 5.32 Å². The number of aliphatic imine (C=N–C) groups is 2. The Labute approximate surface area is 139 Å². The maximum absolute atomic E-state index is 14.2. The Kier molecular flexibility index (Phi) is 4.39. The summed E-state index contributed by atoms with van der Waals surface area (Å²) < 4.78 is 27.9. The second-order valence-corrected chi connectivity index (χ2v) is 5.40. The van der Waals surface area contributed by atoms with Crippen LogP contribution in [0, 0.1) is 24.0 Å². The second-order valence-electron chi connectivity index (χ2n) is 5.40. The van der Waals surface area contributed by atoms with E-state index in [4.69, 9.17) is 6.42 Å². The van der Waals surface area contributed by atoms with Crippen molar-refractivity contribution in [3.8, 4) is 12.3 Å². The molecule has 0 bridgehead atoms. The van der Waals surface area contributed by atoms with Crippen LogP contribution in [0.3, 0.4) is 0 Å². The summed E-state index contributed by atoms with van der Waals surface area (Å²) in [6, 6.07) is 10.2. The Morgan fingerprint density at radius 3 is 2.71 bits per heavy atom.